The van der Waals surface area contributed by atoms with Crippen LogP contribution in [0.3, 0.4) is 0 Å². The first-order chi connectivity index (χ1) is 8.67. The van der Waals surface area contributed by atoms with Crippen LogP contribution in [0.15, 0.2) is 5.38 Å². The van der Waals surface area contributed by atoms with Crippen LogP contribution in [0.1, 0.15) is 32.4 Å². The van der Waals surface area contributed by atoms with E-state index in [1.54, 1.807) is 11.3 Å². The maximum atomic E-state index is 5.62. The van der Waals surface area contributed by atoms with Crippen LogP contribution in [0.2, 0.25) is 0 Å². The average Bonchev–Trinajstić information content (AvgIpc) is 2.85. The molecule has 1 fully saturated rings. The van der Waals surface area contributed by atoms with E-state index in [4.69, 9.17) is 9.72 Å². The summed E-state index contributed by atoms with van der Waals surface area (Å²) >= 11 is 1.74. The van der Waals surface area contributed by atoms with Gasteiger partial charge in [-0.15, -0.1) is 11.3 Å². The van der Waals surface area contributed by atoms with Crippen LogP contribution in [0, 0.1) is 0 Å². The lowest BCUT2D eigenvalue weighted by Gasteiger charge is -2.39. The summed E-state index contributed by atoms with van der Waals surface area (Å²) in [5, 5.41) is 6.59. The van der Waals surface area contributed by atoms with E-state index in [-0.39, 0.29) is 5.60 Å². The molecule has 1 N–H and O–H groups in total. The van der Waals surface area contributed by atoms with E-state index < -0.39 is 0 Å². The van der Waals surface area contributed by atoms with Gasteiger partial charge in [0, 0.05) is 32.1 Å². The highest BCUT2D eigenvalue weighted by Crippen LogP contribution is 2.29. The third kappa shape index (κ3) is 3.22. The molecule has 1 unspecified atom stereocenters. The molecule has 4 nitrogen and oxygen atoms in total. The van der Waals surface area contributed by atoms with Gasteiger partial charge in [0.05, 0.1) is 11.3 Å². The van der Waals surface area contributed by atoms with Crippen molar-refractivity contribution in [1.82, 2.24) is 10.3 Å². The van der Waals surface area contributed by atoms with Crippen molar-refractivity contribution in [3.05, 3.63) is 11.1 Å². The number of thiazole rings is 1. The molecule has 2 rings (SSSR count). The van der Waals surface area contributed by atoms with Gasteiger partial charge in [0.15, 0.2) is 5.13 Å². The zero-order valence-corrected chi connectivity index (χ0v) is 12.3. The van der Waals surface area contributed by atoms with Crippen molar-refractivity contribution in [3.8, 4) is 0 Å². The number of piperidine rings is 1. The van der Waals surface area contributed by atoms with Gasteiger partial charge >= 0.3 is 0 Å². The van der Waals surface area contributed by atoms with Crippen molar-refractivity contribution in [2.75, 3.05) is 31.6 Å². The molecule has 1 aliphatic heterocycles. The van der Waals surface area contributed by atoms with Crippen molar-refractivity contribution in [2.45, 2.75) is 38.8 Å². The molecule has 18 heavy (non-hydrogen) atoms. The lowest BCUT2D eigenvalue weighted by atomic mass is 9.95. The summed E-state index contributed by atoms with van der Waals surface area (Å²) in [6, 6.07) is 0. The Balaban J connectivity index is 2.00. The topological polar surface area (TPSA) is 37.4 Å². The maximum Gasteiger partial charge on any atom is 0.185 e. The van der Waals surface area contributed by atoms with Crippen molar-refractivity contribution in [2.24, 2.45) is 0 Å². The van der Waals surface area contributed by atoms with Crippen molar-refractivity contribution < 1.29 is 4.74 Å². The molecule has 2 heterocycles. The zero-order valence-electron chi connectivity index (χ0n) is 11.5. The van der Waals surface area contributed by atoms with Gasteiger partial charge in [-0.3, -0.25) is 0 Å². The molecule has 1 aromatic heterocycles. The molecular formula is C13H23N3OS. The molecule has 102 valence electrons. The van der Waals surface area contributed by atoms with Gasteiger partial charge < -0.3 is 15.0 Å². The Bertz CT molecular complexity index is 382. The smallest absolute Gasteiger partial charge is 0.185 e. The van der Waals surface area contributed by atoms with Crippen molar-refractivity contribution in [3.63, 3.8) is 0 Å². The Morgan fingerprint density at radius 2 is 2.44 bits per heavy atom. The number of methoxy groups -OCH3 is 1. The molecule has 0 radical (unpaired) electrons. The fourth-order valence-corrected chi connectivity index (χ4v) is 3.16. The van der Waals surface area contributed by atoms with Crippen molar-refractivity contribution in [1.29, 1.82) is 0 Å². The molecule has 1 saturated heterocycles. The highest BCUT2D eigenvalue weighted by Gasteiger charge is 2.31. The fraction of sp³-hybridized carbons (Fsp3) is 0.769. The van der Waals surface area contributed by atoms with Crippen LogP contribution in [0.5, 0.6) is 0 Å². The summed E-state index contributed by atoms with van der Waals surface area (Å²) in [6.07, 6.45) is 2.31. The highest BCUT2D eigenvalue weighted by atomic mass is 32.1. The third-order valence-electron chi connectivity index (χ3n) is 3.52. The second-order valence-electron chi connectivity index (χ2n) is 5.08. The third-order valence-corrected chi connectivity index (χ3v) is 4.47. The Hall–Kier alpha value is -0.650. The number of hydrogen-bond acceptors (Lipinski definition) is 5. The largest absolute Gasteiger partial charge is 0.377 e. The monoisotopic (exact) mass is 269 g/mol. The zero-order chi connectivity index (χ0) is 13.0. The second-order valence-corrected chi connectivity index (χ2v) is 5.92. The van der Waals surface area contributed by atoms with Gasteiger partial charge in [-0.1, -0.05) is 6.92 Å². The van der Waals surface area contributed by atoms with Crippen LogP contribution < -0.4 is 10.2 Å². The van der Waals surface area contributed by atoms with Crippen LogP contribution in [0.25, 0.3) is 0 Å². The Morgan fingerprint density at radius 1 is 1.61 bits per heavy atom. The normalized spacial score (nSPS) is 24.5. The fourth-order valence-electron chi connectivity index (χ4n) is 2.31. The first-order valence-electron chi connectivity index (χ1n) is 6.62. The van der Waals surface area contributed by atoms with Gasteiger partial charge in [0.1, 0.15) is 0 Å². The number of nitrogens with zero attached hydrogens (tertiary/aromatic N) is 2. The summed E-state index contributed by atoms with van der Waals surface area (Å²) in [6.45, 7) is 8.18. The van der Waals surface area contributed by atoms with E-state index in [2.05, 4.69) is 29.4 Å². The number of ether oxygens (including phenoxy) is 1. The lowest BCUT2D eigenvalue weighted by molar-refractivity contribution is -0.00466. The first-order valence-corrected chi connectivity index (χ1v) is 7.50. The molecule has 0 aliphatic carbocycles. The van der Waals surface area contributed by atoms with E-state index >= 15 is 0 Å². The Labute approximate surface area is 113 Å². The van der Waals surface area contributed by atoms with E-state index in [0.29, 0.717) is 0 Å². The minimum Gasteiger partial charge on any atom is -0.377 e. The van der Waals surface area contributed by atoms with Crippen LogP contribution in [0.4, 0.5) is 5.13 Å². The number of nitrogens with one attached hydrogen (secondary N) is 1. The minimum atomic E-state index is -0.0221. The minimum absolute atomic E-state index is 0.0221. The highest BCUT2D eigenvalue weighted by molar-refractivity contribution is 7.13. The summed E-state index contributed by atoms with van der Waals surface area (Å²) in [4.78, 5) is 7.05. The van der Waals surface area contributed by atoms with E-state index in [0.717, 1.165) is 43.4 Å². The summed E-state index contributed by atoms with van der Waals surface area (Å²) in [5.41, 5.74) is 1.12. The first kappa shape index (κ1) is 13.8. The summed E-state index contributed by atoms with van der Waals surface area (Å²) < 4.78 is 5.62. The van der Waals surface area contributed by atoms with Gasteiger partial charge in [-0.25, -0.2) is 4.98 Å². The molecule has 0 saturated carbocycles. The number of anilines is 1. The predicted octanol–water partition coefficient (Wildman–Crippen LogP) is 2.26. The summed E-state index contributed by atoms with van der Waals surface area (Å²) in [7, 11) is 1.81. The van der Waals surface area contributed by atoms with E-state index in [1.807, 2.05) is 7.11 Å². The quantitative estimate of drug-likeness (QED) is 0.889. The second kappa shape index (κ2) is 5.99. The average molecular weight is 269 g/mol. The molecule has 0 bridgehead atoms. The molecule has 1 aromatic rings. The number of rotatable bonds is 5. The van der Waals surface area contributed by atoms with E-state index in [1.165, 1.54) is 6.42 Å². The molecule has 5 heteroatoms. The van der Waals surface area contributed by atoms with Gasteiger partial charge in [-0.2, -0.15) is 0 Å². The molecule has 1 aliphatic rings. The van der Waals surface area contributed by atoms with Gasteiger partial charge in [0.2, 0.25) is 0 Å². The maximum absolute atomic E-state index is 5.62. The lowest BCUT2D eigenvalue weighted by Crippen LogP contribution is -2.47. The SMILES string of the molecule is CCNCc1csc(N2CCCC(C)(OC)C2)n1. The number of hydrogen-bond donors (Lipinski definition) is 1. The Morgan fingerprint density at radius 3 is 3.17 bits per heavy atom. The molecule has 0 spiro atoms. The number of aromatic nitrogens is 1. The molecule has 0 aromatic carbocycles. The Kier molecular flexibility index (Phi) is 4.59. The van der Waals surface area contributed by atoms with Crippen LogP contribution in [-0.4, -0.2) is 37.3 Å². The molecular weight excluding hydrogens is 246 g/mol. The summed E-state index contributed by atoms with van der Waals surface area (Å²) in [5.74, 6) is 0. The van der Waals surface area contributed by atoms with Crippen LogP contribution in [-0.2, 0) is 11.3 Å². The molecule has 1 atom stereocenters. The predicted molar refractivity (Wildman–Crippen MR) is 76.4 cm³/mol. The van der Waals surface area contributed by atoms with E-state index in [9.17, 15) is 0 Å². The standard InChI is InChI=1S/C13H23N3OS/c1-4-14-8-11-9-18-12(15-11)16-7-5-6-13(2,10-16)17-3/h9,14H,4-8,10H2,1-3H3. The van der Waals surface area contributed by atoms with Gasteiger partial charge in [0.25, 0.3) is 0 Å². The van der Waals surface area contributed by atoms with Crippen molar-refractivity contribution >= 4 is 16.5 Å². The molecule has 0 amide bonds. The van der Waals surface area contributed by atoms with Crippen LogP contribution >= 0.6 is 11.3 Å². The van der Waals surface area contributed by atoms with Gasteiger partial charge in [-0.05, 0) is 26.3 Å².